The van der Waals surface area contributed by atoms with Gasteiger partial charge in [0.25, 0.3) is 0 Å². The molecule has 1 spiro atoms. The molecular weight excluding hydrogens is 192 g/mol. The molecule has 1 heterocycles. The van der Waals surface area contributed by atoms with Gasteiger partial charge in [-0.2, -0.15) is 0 Å². The van der Waals surface area contributed by atoms with Crippen molar-refractivity contribution in [2.45, 2.75) is 37.6 Å². The lowest BCUT2D eigenvalue weighted by Crippen LogP contribution is -2.64. The molecule has 4 aliphatic carbocycles. The summed E-state index contributed by atoms with van der Waals surface area (Å²) < 4.78 is 11.8. The lowest BCUT2D eigenvalue weighted by Gasteiger charge is -2.60. The first kappa shape index (κ1) is 8.97. The third-order valence-corrected chi connectivity index (χ3v) is 5.15. The Bertz CT molecular complexity index is 285. The van der Waals surface area contributed by atoms with E-state index in [1.54, 1.807) is 0 Å². The van der Waals surface area contributed by atoms with Gasteiger partial charge in [0.15, 0.2) is 5.79 Å². The standard InChI is InChI=1S/C12H18O3/c13-11-8-3-7-4-9(6-8)12(10(11)5-7)14-1-2-15-12/h7-11,13H,1-6H2/t7-,8+,9-,10+,11+/m0/s1. The van der Waals surface area contributed by atoms with E-state index >= 15 is 0 Å². The van der Waals surface area contributed by atoms with Gasteiger partial charge in [0.2, 0.25) is 0 Å². The van der Waals surface area contributed by atoms with Crippen molar-refractivity contribution >= 4 is 0 Å². The SMILES string of the molecule is O[C@@H]1[C@@H]2C[C@H]3C[C@@H](C2)C2(OCCO2)[C@@H]1C3. The van der Waals surface area contributed by atoms with Gasteiger partial charge < -0.3 is 14.6 Å². The Morgan fingerprint density at radius 3 is 2.60 bits per heavy atom. The summed E-state index contributed by atoms with van der Waals surface area (Å²) in [4.78, 5) is 0. The molecule has 0 radical (unpaired) electrons. The lowest BCUT2D eigenvalue weighted by molar-refractivity contribution is -0.314. The second-order valence-electron chi connectivity index (χ2n) is 5.78. The molecule has 3 heteroatoms. The molecule has 0 aromatic rings. The summed E-state index contributed by atoms with van der Waals surface area (Å²) in [5.41, 5.74) is 0. The molecule has 5 atom stereocenters. The Hall–Kier alpha value is -0.120. The molecule has 1 aliphatic heterocycles. The maximum absolute atomic E-state index is 10.3. The first-order valence-electron chi connectivity index (χ1n) is 6.25. The number of aliphatic hydroxyl groups is 1. The molecule has 0 aromatic carbocycles. The highest BCUT2D eigenvalue weighted by Crippen LogP contribution is 2.60. The van der Waals surface area contributed by atoms with Crippen molar-refractivity contribution in [2.24, 2.45) is 23.7 Å². The van der Waals surface area contributed by atoms with Crippen LogP contribution >= 0.6 is 0 Å². The van der Waals surface area contributed by atoms with Crippen LogP contribution in [0, 0.1) is 23.7 Å². The molecule has 0 amide bonds. The highest BCUT2D eigenvalue weighted by Gasteiger charge is 2.64. The predicted octanol–water partition coefficient (Wildman–Crippen LogP) is 1.16. The van der Waals surface area contributed by atoms with Crippen LogP contribution < -0.4 is 0 Å². The summed E-state index contributed by atoms with van der Waals surface area (Å²) in [6.07, 6.45) is 4.57. The van der Waals surface area contributed by atoms with Crippen molar-refractivity contribution in [1.82, 2.24) is 0 Å². The smallest absolute Gasteiger partial charge is 0.176 e. The molecule has 0 unspecified atom stereocenters. The van der Waals surface area contributed by atoms with Crippen LogP contribution in [-0.4, -0.2) is 30.2 Å². The number of aliphatic hydroxyl groups excluding tert-OH is 1. The molecule has 84 valence electrons. The van der Waals surface area contributed by atoms with Gasteiger partial charge in [-0.1, -0.05) is 0 Å². The largest absolute Gasteiger partial charge is 0.392 e. The lowest BCUT2D eigenvalue weighted by atomic mass is 9.52. The van der Waals surface area contributed by atoms with Crippen LogP contribution in [0.25, 0.3) is 0 Å². The highest BCUT2D eigenvalue weighted by molar-refractivity contribution is 5.08. The third kappa shape index (κ3) is 0.973. The van der Waals surface area contributed by atoms with Crippen molar-refractivity contribution in [3.63, 3.8) is 0 Å². The Morgan fingerprint density at radius 2 is 1.80 bits per heavy atom. The first-order chi connectivity index (χ1) is 7.29. The molecule has 3 nitrogen and oxygen atoms in total. The number of hydrogen-bond acceptors (Lipinski definition) is 3. The number of hydrogen-bond donors (Lipinski definition) is 1. The normalized spacial score (nSPS) is 55.4. The van der Waals surface area contributed by atoms with Crippen LogP contribution in [0.5, 0.6) is 0 Å². The second-order valence-corrected chi connectivity index (χ2v) is 5.78. The molecule has 5 rings (SSSR count). The van der Waals surface area contributed by atoms with E-state index in [9.17, 15) is 5.11 Å². The Morgan fingerprint density at radius 1 is 1.00 bits per heavy atom. The molecule has 1 N–H and O–H groups in total. The van der Waals surface area contributed by atoms with E-state index in [2.05, 4.69) is 0 Å². The third-order valence-electron chi connectivity index (χ3n) is 5.15. The Labute approximate surface area is 89.8 Å². The minimum absolute atomic E-state index is 0.170. The fourth-order valence-corrected chi connectivity index (χ4v) is 4.71. The van der Waals surface area contributed by atoms with E-state index in [0.29, 0.717) is 11.8 Å². The zero-order chi connectivity index (χ0) is 10.0. The maximum Gasteiger partial charge on any atom is 0.176 e. The Kier molecular flexibility index (Phi) is 1.65. The zero-order valence-corrected chi connectivity index (χ0v) is 8.89. The monoisotopic (exact) mass is 210 g/mol. The van der Waals surface area contributed by atoms with E-state index < -0.39 is 0 Å². The van der Waals surface area contributed by atoms with Crippen LogP contribution in [-0.2, 0) is 9.47 Å². The zero-order valence-electron chi connectivity index (χ0n) is 8.89. The summed E-state index contributed by atoms with van der Waals surface area (Å²) in [5, 5.41) is 10.3. The highest BCUT2D eigenvalue weighted by atomic mass is 16.7. The fraction of sp³-hybridized carbons (Fsp3) is 1.00. The molecule has 0 aromatic heterocycles. The summed E-state index contributed by atoms with van der Waals surface area (Å²) in [6.45, 7) is 1.43. The van der Waals surface area contributed by atoms with Gasteiger partial charge in [0, 0.05) is 11.8 Å². The summed E-state index contributed by atoms with van der Waals surface area (Å²) in [6, 6.07) is 0. The minimum Gasteiger partial charge on any atom is -0.392 e. The van der Waals surface area contributed by atoms with Crippen LogP contribution in [0.1, 0.15) is 25.7 Å². The van der Waals surface area contributed by atoms with Crippen molar-refractivity contribution in [3.8, 4) is 0 Å². The van der Waals surface area contributed by atoms with E-state index in [0.717, 1.165) is 32.0 Å². The van der Waals surface area contributed by atoms with Crippen LogP contribution in [0.2, 0.25) is 0 Å². The molecule has 15 heavy (non-hydrogen) atoms. The number of ether oxygens (including phenoxy) is 2. The van der Waals surface area contributed by atoms with Crippen LogP contribution in [0.15, 0.2) is 0 Å². The minimum atomic E-state index is -0.382. The van der Waals surface area contributed by atoms with Gasteiger partial charge in [0.05, 0.1) is 19.3 Å². The van der Waals surface area contributed by atoms with Crippen LogP contribution in [0.3, 0.4) is 0 Å². The summed E-state index contributed by atoms with van der Waals surface area (Å²) in [5.74, 6) is 1.81. The maximum atomic E-state index is 10.3. The van der Waals surface area contributed by atoms with Gasteiger partial charge in [-0.15, -0.1) is 0 Å². The molecule has 4 saturated carbocycles. The van der Waals surface area contributed by atoms with Gasteiger partial charge in [-0.3, -0.25) is 0 Å². The van der Waals surface area contributed by atoms with E-state index in [-0.39, 0.29) is 17.8 Å². The molecule has 5 fully saturated rings. The van der Waals surface area contributed by atoms with Crippen LogP contribution in [0.4, 0.5) is 0 Å². The second kappa shape index (κ2) is 2.76. The van der Waals surface area contributed by atoms with Crippen molar-refractivity contribution < 1.29 is 14.6 Å². The fourth-order valence-electron chi connectivity index (χ4n) is 4.71. The average molecular weight is 210 g/mol. The summed E-state index contributed by atoms with van der Waals surface area (Å²) in [7, 11) is 0. The van der Waals surface area contributed by atoms with Gasteiger partial charge in [-0.05, 0) is 37.5 Å². The van der Waals surface area contributed by atoms with Gasteiger partial charge in [0.1, 0.15) is 0 Å². The Balaban J connectivity index is 1.76. The topological polar surface area (TPSA) is 38.7 Å². The van der Waals surface area contributed by atoms with E-state index in [1.807, 2.05) is 0 Å². The first-order valence-corrected chi connectivity index (χ1v) is 6.25. The molecular formula is C12H18O3. The van der Waals surface area contributed by atoms with Crippen molar-refractivity contribution in [3.05, 3.63) is 0 Å². The molecule has 4 bridgehead atoms. The van der Waals surface area contributed by atoms with Gasteiger partial charge >= 0.3 is 0 Å². The van der Waals surface area contributed by atoms with E-state index in [4.69, 9.17) is 9.47 Å². The summed E-state index contributed by atoms with van der Waals surface area (Å²) >= 11 is 0. The molecule has 5 aliphatic rings. The quantitative estimate of drug-likeness (QED) is 0.652. The number of rotatable bonds is 0. The van der Waals surface area contributed by atoms with E-state index in [1.165, 1.54) is 12.8 Å². The van der Waals surface area contributed by atoms with Crippen molar-refractivity contribution in [2.75, 3.05) is 13.2 Å². The predicted molar refractivity (Wildman–Crippen MR) is 53.1 cm³/mol. The van der Waals surface area contributed by atoms with Gasteiger partial charge in [-0.25, -0.2) is 0 Å². The molecule has 1 saturated heterocycles. The van der Waals surface area contributed by atoms with Crippen molar-refractivity contribution in [1.29, 1.82) is 0 Å². The average Bonchev–Trinajstić information content (AvgIpc) is 2.71.